The molecule has 0 saturated carbocycles. The second kappa shape index (κ2) is 6.18. The van der Waals surface area contributed by atoms with Crippen molar-refractivity contribution in [3.05, 3.63) is 0 Å². The molecule has 0 aliphatic carbocycles. The van der Waals surface area contributed by atoms with Crippen molar-refractivity contribution in [2.45, 2.75) is 45.2 Å². The third kappa shape index (κ3) is 5.44. The summed E-state index contributed by atoms with van der Waals surface area (Å²) in [6.07, 6.45) is 0.457. The van der Waals surface area contributed by atoms with Crippen LogP contribution in [-0.2, 0) is 23.7 Å². The minimum absolute atomic E-state index is 0.173. The summed E-state index contributed by atoms with van der Waals surface area (Å²) in [5.41, 5.74) is -0.479. The number of hydrogen-bond donors (Lipinski definition) is 0. The molecule has 0 unspecified atom stereocenters. The number of rotatable bonds is 6. The Morgan fingerprint density at radius 1 is 1.00 bits per heavy atom. The molecule has 0 spiro atoms. The van der Waals surface area contributed by atoms with Crippen molar-refractivity contribution in [3.8, 4) is 0 Å². The number of hydrogen-bond acceptors (Lipinski definition) is 5. The van der Waals surface area contributed by atoms with E-state index in [0.717, 1.165) is 0 Å². The maximum Gasteiger partial charge on any atom is 0.306 e. The van der Waals surface area contributed by atoms with Crippen LogP contribution >= 0.6 is 0 Å². The van der Waals surface area contributed by atoms with Crippen LogP contribution in [0, 0.1) is 0 Å². The van der Waals surface area contributed by atoms with E-state index >= 15 is 0 Å². The first-order valence-electron chi connectivity index (χ1n) is 5.16. The first-order valence-corrected chi connectivity index (χ1v) is 5.16. The molecule has 0 fully saturated rings. The summed E-state index contributed by atoms with van der Waals surface area (Å²) in [6, 6.07) is 0. The third-order valence-electron chi connectivity index (χ3n) is 1.99. The molecule has 5 nitrogen and oxygen atoms in total. The summed E-state index contributed by atoms with van der Waals surface area (Å²) in [4.78, 5) is 11.5. The van der Waals surface area contributed by atoms with Gasteiger partial charge in [-0.15, -0.1) is 0 Å². The van der Waals surface area contributed by atoms with Gasteiger partial charge in [-0.1, -0.05) is 0 Å². The molecule has 0 aromatic heterocycles. The van der Waals surface area contributed by atoms with Gasteiger partial charge in [0.15, 0.2) is 0 Å². The maximum atomic E-state index is 11.5. The van der Waals surface area contributed by atoms with Crippen molar-refractivity contribution in [1.29, 1.82) is 0 Å². The van der Waals surface area contributed by atoms with Gasteiger partial charge < -0.3 is 18.9 Å². The Balaban J connectivity index is 4.17. The van der Waals surface area contributed by atoms with Crippen LogP contribution in [0.3, 0.4) is 0 Å². The lowest BCUT2D eigenvalue weighted by atomic mass is 10.2. The van der Waals surface area contributed by atoms with Crippen LogP contribution in [0.1, 0.15) is 33.6 Å². The molecule has 16 heavy (non-hydrogen) atoms. The molecular formula is C11H22O5. The smallest absolute Gasteiger partial charge is 0.306 e. The molecular weight excluding hydrogens is 212 g/mol. The molecule has 0 amide bonds. The lowest BCUT2D eigenvalue weighted by Gasteiger charge is -2.28. The fraction of sp³-hybridized carbons (Fsp3) is 0.909. The normalized spacial score (nSPS) is 12.6. The Morgan fingerprint density at radius 3 is 1.75 bits per heavy atom. The van der Waals surface area contributed by atoms with Gasteiger partial charge in [-0.05, 0) is 20.8 Å². The molecule has 0 aromatic rings. The summed E-state index contributed by atoms with van der Waals surface area (Å²) in [7, 11) is 4.38. The topological polar surface area (TPSA) is 54.0 Å². The highest BCUT2D eigenvalue weighted by Crippen LogP contribution is 2.20. The molecule has 0 bridgehead atoms. The monoisotopic (exact) mass is 234 g/mol. The zero-order chi connectivity index (χ0) is 12.8. The molecule has 0 atom stereocenters. The predicted octanol–water partition coefficient (Wildman–Crippen LogP) is 1.70. The van der Waals surface area contributed by atoms with Crippen LogP contribution in [0.5, 0.6) is 0 Å². The third-order valence-corrected chi connectivity index (χ3v) is 1.99. The molecule has 5 heteroatoms. The van der Waals surface area contributed by atoms with Crippen molar-refractivity contribution < 1.29 is 23.7 Å². The van der Waals surface area contributed by atoms with Crippen molar-refractivity contribution in [2.75, 3.05) is 21.3 Å². The van der Waals surface area contributed by atoms with Crippen molar-refractivity contribution >= 4 is 5.97 Å². The summed E-state index contributed by atoms with van der Waals surface area (Å²) in [5, 5.41) is 0. The second-order valence-corrected chi connectivity index (χ2v) is 4.38. The first kappa shape index (κ1) is 15.3. The molecule has 0 radical (unpaired) electrons. The first-order chi connectivity index (χ1) is 7.28. The van der Waals surface area contributed by atoms with Crippen LogP contribution in [0.2, 0.25) is 0 Å². The SMILES string of the molecule is COC(CCC(=O)OC(C)(C)C)(OC)OC. The van der Waals surface area contributed by atoms with Gasteiger partial charge in [0.2, 0.25) is 0 Å². The van der Waals surface area contributed by atoms with Crippen molar-refractivity contribution in [2.24, 2.45) is 0 Å². The Kier molecular flexibility index (Phi) is 5.92. The van der Waals surface area contributed by atoms with Crippen LogP contribution in [-0.4, -0.2) is 38.9 Å². The predicted molar refractivity (Wildman–Crippen MR) is 58.8 cm³/mol. The summed E-state index contributed by atoms with van der Waals surface area (Å²) in [6.45, 7) is 5.46. The van der Waals surface area contributed by atoms with Crippen molar-refractivity contribution in [1.82, 2.24) is 0 Å². The number of methoxy groups -OCH3 is 3. The quantitative estimate of drug-likeness (QED) is 0.517. The minimum Gasteiger partial charge on any atom is -0.460 e. The zero-order valence-corrected chi connectivity index (χ0v) is 11.0. The highest BCUT2D eigenvalue weighted by molar-refractivity contribution is 5.69. The van der Waals surface area contributed by atoms with E-state index in [2.05, 4.69) is 0 Å². The van der Waals surface area contributed by atoms with Crippen LogP contribution < -0.4 is 0 Å². The summed E-state index contributed by atoms with van der Waals surface area (Å²) in [5.74, 6) is -1.47. The Hall–Kier alpha value is -0.650. The van der Waals surface area contributed by atoms with E-state index in [0.29, 0.717) is 0 Å². The number of esters is 1. The Labute approximate surface area is 97.0 Å². The fourth-order valence-electron chi connectivity index (χ4n) is 1.20. The van der Waals surface area contributed by atoms with Gasteiger partial charge in [-0.25, -0.2) is 0 Å². The van der Waals surface area contributed by atoms with E-state index in [9.17, 15) is 4.79 Å². The molecule has 96 valence electrons. The highest BCUT2D eigenvalue weighted by atomic mass is 16.9. The zero-order valence-electron chi connectivity index (χ0n) is 11.0. The average Bonchev–Trinajstić information content (AvgIpc) is 2.18. The van der Waals surface area contributed by atoms with Gasteiger partial charge in [0, 0.05) is 27.8 Å². The fourth-order valence-corrected chi connectivity index (χ4v) is 1.20. The second-order valence-electron chi connectivity index (χ2n) is 4.38. The summed E-state index contributed by atoms with van der Waals surface area (Å²) < 4.78 is 20.4. The molecule has 0 rings (SSSR count). The van der Waals surface area contributed by atoms with Crippen LogP contribution in [0.25, 0.3) is 0 Å². The molecule has 0 saturated heterocycles. The number of carbonyl (C=O) groups is 1. The minimum atomic E-state index is -1.17. The number of ether oxygens (including phenoxy) is 4. The summed E-state index contributed by atoms with van der Waals surface area (Å²) >= 11 is 0. The average molecular weight is 234 g/mol. The van der Waals surface area contributed by atoms with Crippen molar-refractivity contribution in [3.63, 3.8) is 0 Å². The van der Waals surface area contributed by atoms with Crippen LogP contribution in [0.4, 0.5) is 0 Å². The standard InChI is InChI=1S/C11H22O5/c1-10(2,3)16-9(12)7-8-11(13-4,14-5)15-6/h7-8H2,1-6H3. The van der Waals surface area contributed by atoms with Gasteiger partial charge in [0.25, 0.3) is 5.97 Å². The lowest BCUT2D eigenvalue weighted by molar-refractivity contribution is -0.355. The lowest BCUT2D eigenvalue weighted by Crippen LogP contribution is -2.37. The van der Waals surface area contributed by atoms with E-state index in [4.69, 9.17) is 18.9 Å². The highest BCUT2D eigenvalue weighted by Gasteiger charge is 2.31. The van der Waals surface area contributed by atoms with Gasteiger partial charge >= 0.3 is 5.97 Å². The maximum absolute atomic E-state index is 11.5. The van der Waals surface area contributed by atoms with Crippen LogP contribution in [0.15, 0.2) is 0 Å². The van der Waals surface area contributed by atoms with Gasteiger partial charge in [0.05, 0.1) is 6.42 Å². The molecule has 0 aromatic carbocycles. The van der Waals surface area contributed by atoms with E-state index in [1.54, 1.807) is 0 Å². The molecule has 0 heterocycles. The van der Waals surface area contributed by atoms with E-state index in [1.807, 2.05) is 20.8 Å². The largest absolute Gasteiger partial charge is 0.460 e. The Bertz CT molecular complexity index is 207. The molecule has 0 N–H and O–H groups in total. The number of carbonyl (C=O) groups excluding carboxylic acids is 1. The van der Waals surface area contributed by atoms with Gasteiger partial charge in [-0.3, -0.25) is 4.79 Å². The van der Waals surface area contributed by atoms with Gasteiger partial charge in [-0.2, -0.15) is 0 Å². The van der Waals surface area contributed by atoms with Gasteiger partial charge in [0.1, 0.15) is 5.60 Å². The van der Waals surface area contributed by atoms with E-state index in [1.165, 1.54) is 21.3 Å². The van der Waals surface area contributed by atoms with E-state index in [-0.39, 0.29) is 18.8 Å². The molecule has 0 aliphatic heterocycles. The molecule has 0 aliphatic rings. The van der Waals surface area contributed by atoms with E-state index < -0.39 is 11.6 Å². The Morgan fingerprint density at radius 2 is 1.44 bits per heavy atom.